The molecule has 1 amide bonds. The molecule has 0 radical (unpaired) electrons. The third-order valence-electron chi connectivity index (χ3n) is 4.41. The average Bonchev–Trinajstić information content (AvgIpc) is 3.08. The third-order valence-corrected chi connectivity index (χ3v) is 4.41. The summed E-state index contributed by atoms with van der Waals surface area (Å²) in [6.07, 6.45) is 4.41. The summed E-state index contributed by atoms with van der Waals surface area (Å²) in [6.45, 7) is 5.32. The SMILES string of the molecule is CNc1cc(C(=O)N2CCN(CC3CCCO3)CC2)ccn1. The van der Waals surface area contributed by atoms with Gasteiger partial charge in [0, 0.05) is 58.1 Å². The van der Waals surface area contributed by atoms with Gasteiger partial charge in [-0.3, -0.25) is 9.69 Å². The minimum absolute atomic E-state index is 0.0932. The van der Waals surface area contributed by atoms with Crippen LogP contribution >= 0.6 is 0 Å². The highest BCUT2D eigenvalue weighted by atomic mass is 16.5. The molecule has 2 aliphatic heterocycles. The molecule has 2 aliphatic rings. The predicted molar refractivity (Wildman–Crippen MR) is 85.1 cm³/mol. The second kappa shape index (κ2) is 7.07. The van der Waals surface area contributed by atoms with Crippen LogP contribution in [-0.4, -0.2) is 73.2 Å². The molecule has 1 N–H and O–H groups in total. The molecular formula is C16H24N4O2. The van der Waals surface area contributed by atoms with Crippen LogP contribution in [0.4, 0.5) is 5.82 Å². The number of hydrogen-bond donors (Lipinski definition) is 1. The van der Waals surface area contributed by atoms with Gasteiger partial charge in [0.1, 0.15) is 5.82 Å². The third kappa shape index (κ3) is 3.56. The molecule has 22 heavy (non-hydrogen) atoms. The Morgan fingerprint density at radius 1 is 1.41 bits per heavy atom. The molecule has 0 aliphatic carbocycles. The zero-order valence-electron chi connectivity index (χ0n) is 13.1. The number of ether oxygens (including phenoxy) is 1. The summed E-state index contributed by atoms with van der Waals surface area (Å²) < 4.78 is 5.69. The van der Waals surface area contributed by atoms with Crippen molar-refractivity contribution in [3.63, 3.8) is 0 Å². The van der Waals surface area contributed by atoms with Gasteiger partial charge >= 0.3 is 0 Å². The van der Waals surface area contributed by atoms with Crippen LogP contribution in [0.1, 0.15) is 23.2 Å². The van der Waals surface area contributed by atoms with Gasteiger partial charge in [0.25, 0.3) is 5.91 Å². The molecule has 0 bridgehead atoms. The minimum atomic E-state index is 0.0932. The molecule has 1 aromatic rings. The lowest BCUT2D eigenvalue weighted by Gasteiger charge is -2.35. The molecule has 2 fully saturated rings. The van der Waals surface area contributed by atoms with Gasteiger partial charge in [-0.05, 0) is 25.0 Å². The van der Waals surface area contributed by atoms with E-state index in [2.05, 4.69) is 15.2 Å². The highest BCUT2D eigenvalue weighted by Crippen LogP contribution is 2.16. The van der Waals surface area contributed by atoms with Gasteiger partial charge in [-0.15, -0.1) is 0 Å². The summed E-state index contributed by atoms with van der Waals surface area (Å²) in [5, 5.41) is 2.97. The van der Waals surface area contributed by atoms with E-state index in [0.717, 1.165) is 45.1 Å². The van der Waals surface area contributed by atoms with E-state index in [9.17, 15) is 4.79 Å². The molecule has 0 aromatic carbocycles. The van der Waals surface area contributed by atoms with E-state index in [0.29, 0.717) is 11.7 Å². The summed E-state index contributed by atoms with van der Waals surface area (Å²) in [6, 6.07) is 3.59. The van der Waals surface area contributed by atoms with E-state index in [-0.39, 0.29) is 5.91 Å². The van der Waals surface area contributed by atoms with Crippen LogP contribution in [0.2, 0.25) is 0 Å². The van der Waals surface area contributed by atoms with Crippen LogP contribution in [0.15, 0.2) is 18.3 Å². The van der Waals surface area contributed by atoms with Crippen LogP contribution in [0, 0.1) is 0 Å². The molecule has 3 heterocycles. The van der Waals surface area contributed by atoms with E-state index in [1.807, 2.05) is 4.90 Å². The summed E-state index contributed by atoms with van der Waals surface area (Å²) in [5.41, 5.74) is 0.701. The lowest BCUT2D eigenvalue weighted by Crippen LogP contribution is -2.50. The number of carbonyl (C=O) groups excluding carboxylic acids is 1. The van der Waals surface area contributed by atoms with Crippen molar-refractivity contribution in [1.29, 1.82) is 0 Å². The molecule has 6 heteroatoms. The molecule has 3 rings (SSSR count). The summed E-state index contributed by atoms with van der Waals surface area (Å²) in [4.78, 5) is 21.0. The summed E-state index contributed by atoms with van der Waals surface area (Å²) in [5.74, 6) is 0.818. The van der Waals surface area contributed by atoms with Crippen LogP contribution in [-0.2, 0) is 4.74 Å². The Morgan fingerprint density at radius 2 is 2.23 bits per heavy atom. The van der Waals surface area contributed by atoms with Crippen LogP contribution in [0.5, 0.6) is 0 Å². The van der Waals surface area contributed by atoms with Crippen LogP contribution < -0.4 is 5.32 Å². The van der Waals surface area contributed by atoms with Crippen molar-refractivity contribution >= 4 is 11.7 Å². The number of piperazine rings is 1. The van der Waals surface area contributed by atoms with Gasteiger partial charge in [0.05, 0.1) is 6.10 Å². The number of amides is 1. The lowest BCUT2D eigenvalue weighted by molar-refractivity contribution is 0.0432. The van der Waals surface area contributed by atoms with Gasteiger partial charge in [-0.1, -0.05) is 0 Å². The van der Waals surface area contributed by atoms with Crippen LogP contribution in [0.25, 0.3) is 0 Å². The Morgan fingerprint density at radius 3 is 2.91 bits per heavy atom. The first kappa shape index (κ1) is 15.2. The second-order valence-electron chi connectivity index (χ2n) is 5.91. The van der Waals surface area contributed by atoms with Gasteiger partial charge in [0.2, 0.25) is 0 Å². The number of pyridine rings is 1. The van der Waals surface area contributed by atoms with Gasteiger partial charge in [-0.25, -0.2) is 4.98 Å². The molecular weight excluding hydrogens is 280 g/mol. The first-order chi connectivity index (χ1) is 10.8. The van der Waals surface area contributed by atoms with Gasteiger partial charge in [-0.2, -0.15) is 0 Å². The number of aromatic nitrogens is 1. The second-order valence-corrected chi connectivity index (χ2v) is 5.91. The zero-order valence-corrected chi connectivity index (χ0v) is 13.1. The van der Waals surface area contributed by atoms with Gasteiger partial charge < -0.3 is 15.0 Å². The van der Waals surface area contributed by atoms with E-state index in [1.54, 1.807) is 25.4 Å². The van der Waals surface area contributed by atoms with Crippen molar-refractivity contribution in [2.45, 2.75) is 18.9 Å². The topological polar surface area (TPSA) is 57.7 Å². The fraction of sp³-hybridized carbons (Fsp3) is 0.625. The highest BCUT2D eigenvalue weighted by Gasteiger charge is 2.25. The van der Waals surface area contributed by atoms with E-state index >= 15 is 0 Å². The maximum absolute atomic E-state index is 12.5. The van der Waals surface area contributed by atoms with Crippen molar-refractivity contribution in [3.8, 4) is 0 Å². The van der Waals surface area contributed by atoms with Crippen molar-refractivity contribution in [3.05, 3.63) is 23.9 Å². The van der Waals surface area contributed by atoms with E-state index < -0.39 is 0 Å². The van der Waals surface area contributed by atoms with E-state index in [4.69, 9.17) is 4.74 Å². The van der Waals surface area contributed by atoms with E-state index in [1.165, 1.54) is 12.8 Å². The smallest absolute Gasteiger partial charge is 0.254 e. The van der Waals surface area contributed by atoms with Crippen LogP contribution in [0.3, 0.4) is 0 Å². The Bertz CT molecular complexity index is 509. The standard InChI is InChI=1S/C16H24N4O2/c1-17-15-11-13(4-5-18-15)16(21)20-8-6-19(7-9-20)12-14-3-2-10-22-14/h4-5,11,14H,2-3,6-10,12H2,1H3,(H,17,18). The maximum Gasteiger partial charge on any atom is 0.254 e. The quantitative estimate of drug-likeness (QED) is 0.901. The molecule has 2 saturated heterocycles. The zero-order chi connectivity index (χ0) is 15.4. The van der Waals surface area contributed by atoms with Crippen molar-refractivity contribution < 1.29 is 9.53 Å². The predicted octanol–water partition coefficient (Wildman–Crippen LogP) is 1.06. The minimum Gasteiger partial charge on any atom is -0.377 e. The largest absolute Gasteiger partial charge is 0.377 e. The Labute approximate surface area is 131 Å². The van der Waals surface area contributed by atoms with Crippen molar-refractivity contribution in [2.24, 2.45) is 0 Å². The fourth-order valence-electron chi connectivity index (χ4n) is 3.09. The number of rotatable bonds is 4. The normalized spacial score (nSPS) is 22.8. The molecule has 1 atom stereocenters. The molecule has 0 spiro atoms. The summed E-state index contributed by atoms with van der Waals surface area (Å²) in [7, 11) is 1.81. The number of anilines is 1. The Kier molecular flexibility index (Phi) is 4.90. The summed E-state index contributed by atoms with van der Waals surface area (Å²) >= 11 is 0. The number of hydrogen-bond acceptors (Lipinski definition) is 5. The van der Waals surface area contributed by atoms with Crippen molar-refractivity contribution in [2.75, 3.05) is 51.7 Å². The lowest BCUT2D eigenvalue weighted by atomic mass is 10.2. The molecule has 1 unspecified atom stereocenters. The molecule has 0 saturated carbocycles. The first-order valence-electron chi connectivity index (χ1n) is 8.03. The van der Waals surface area contributed by atoms with Crippen molar-refractivity contribution in [1.82, 2.24) is 14.8 Å². The molecule has 1 aromatic heterocycles. The fourth-order valence-corrected chi connectivity index (χ4v) is 3.09. The Balaban J connectivity index is 1.52. The Hall–Kier alpha value is -1.66. The average molecular weight is 304 g/mol. The number of nitrogens with zero attached hydrogens (tertiary/aromatic N) is 3. The monoisotopic (exact) mass is 304 g/mol. The highest BCUT2D eigenvalue weighted by molar-refractivity contribution is 5.94. The first-order valence-corrected chi connectivity index (χ1v) is 8.03. The number of carbonyl (C=O) groups is 1. The maximum atomic E-state index is 12.5. The number of nitrogens with one attached hydrogen (secondary N) is 1. The van der Waals surface area contributed by atoms with Gasteiger partial charge in [0.15, 0.2) is 0 Å². The molecule has 6 nitrogen and oxygen atoms in total. The molecule has 120 valence electrons.